The van der Waals surface area contributed by atoms with Gasteiger partial charge in [0.1, 0.15) is 11.4 Å². The average molecular weight is 524 g/mol. The molecule has 0 saturated carbocycles. The number of phenols is 1. The Hall–Kier alpha value is -3.65. The molecule has 1 N–H and O–H groups in total. The van der Waals surface area contributed by atoms with Gasteiger partial charge >= 0.3 is 0 Å². The Labute approximate surface area is 202 Å². The number of rotatable bonds is 3. The number of aromatic hydroxyl groups is 1. The molecule has 1 amide bonds. The molecular weight excluding hydrogens is 505 g/mol. The van der Waals surface area contributed by atoms with E-state index in [9.17, 15) is 19.1 Å². The molecule has 0 spiro atoms. The van der Waals surface area contributed by atoms with Crippen molar-refractivity contribution < 1.29 is 23.4 Å². The zero-order valence-corrected chi connectivity index (χ0v) is 20.1. The van der Waals surface area contributed by atoms with Gasteiger partial charge in [-0.15, -0.1) is 0 Å². The fraction of sp³-hybridized carbons (Fsp3) is 0.154. The third kappa shape index (κ3) is 3.28. The first kappa shape index (κ1) is 22.2. The Morgan fingerprint density at radius 2 is 1.74 bits per heavy atom. The number of carbonyl (C=O) groups is 1. The summed E-state index contributed by atoms with van der Waals surface area (Å²) in [5, 5.41) is 10.7. The standard InChI is InChI=1S/C26H19BrFNO5/c1-12-8-17-19(9-13(12)2)34-25-21(23(17)30)22(14-10-18(27)24(31)20(11-14)33-3)29(26(25)32)16-6-4-15(28)5-7-16/h4-11,22,31H,1-3H3. The molecule has 172 valence electrons. The maximum atomic E-state index is 13.8. The molecule has 4 aromatic rings. The van der Waals surface area contributed by atoms with Crippen molar-refractivity contribution in [2.24, 2.45) is 0 Å². The molecule has 0 saturated heterocycles. The Morgan fingerprint density at radius 1 is 1.06 bits per heavy atom. The van der Waals surface area contributed by atoms with Crippen LogP contribution in [0.2, 0.25) is 0 Å². The molecule has 5 rings (SSSR count). The Balaban J connectivity index is 1.85. The van der Waals surface area contributed by atoms with E-state index in [1.54, 1.807) is 24.3 Å². The van der Waals surface area contributed by atoms with E-state index in [1.165, 1.54) is 36.3 Å². The summed E-state index contributed by atoms with van der Waals surface area (Å²) in [5.41, 5.74) is 2.92. The van der Waals surface area contributed by atoms with E-state index in [-0.39, 0.29) is 28.3 Å². The minimum absolute atomic E-state index is 0.0711. The molecule has 0 bridgehead atoms. The van der Waals surface area contributed by atoms with Crippen molar-refractivity contribution >= 4 is 38.5 Å². The van der Waals surface area contributed by atoms with Gasteiger partial charge in [-0.25, -0.2) is 4.39 Å². The highest BCUT2D eigenvalue weighted by atomic mass is 79.9. The molecular formula is C26H19BrFNO5. The molecule has 1 aromatic heterocycles. The molecule has 0 aliphatic carbocycles. The van der Waals surface area contributed by atoms with Crippen LogP contribution in [0.5, 0.6) is 11.5 Å². The number of aryl methyl sites for hydroxylation is 2. The third-order valence-electron chi connectivity index (χ3n) is 6.18. The minimum atomic E-state index is -0.888. The fourth-order valence-electron chi connectivity index (χ4n) is 4.32. The van der Waals surface area contributed by atoms with E-state index in [0.717, 1.165) is 11.1 Å². The SMILES string of the molecule is COc1cc(C2c3c(oc4cc(C)c(C)cc4c3=O)C(=O)N2c2ccc(F)cc2)cc(Br)c1O. The number of hydrogen-bond donors (Lipinski definition) is 1. The highest BCUT2D eigenvalue weighted by Crippen LogP contribution is 2.45. The van der Waals surface area contributed by atoms with Crippen LogP contribution in [-0.2, 0) is 0 Å². The van der Waals surface area contributed by atoms with Gasteiger partial charge in [0.15, 0.2) is 16.9 Å². The number of anilines is 1. The van der Waals surface area contributed by atoms with E-state index in [1.807, 2.05) is 13.8 Å². The molecule has 1 unspecified atom stereocenters. The van der Waals surface area contributed by atoms with Crippen molar-refractivity contribution in [3.8, 4) is 11.5 Å². The van der Waals surface area contributed by atoms with Gasteiger partial charge in [-0.2, -0.15) is 0 Å². The number of methoxy groups -OCH3 is 1. The number of ether oxygens (including phenoxy) is 1. The van der Waals surface area contributed by atoms with Crippen LogP contribution in [-0.4, -0.2) is 18.1 Å². The first-order valence-corrected chi connectivity index (χ1v) is 11.2. The molecule has 1 atom stereocenters. The number of fused-ring (bicyclic) bond motifs is 2. The van der Waals surface area contributed by atoms with Crippen molar-refractivity contribution in [1.29, 1.82) is 0 Å². The minimum Gasteiger partial charge on any atom is -0.503 e. The summed E-state index contributed by atoms with van der Waals surface area (Å²) in [4.78, 5) is 28.8. The second kappa shape index (κ2) is 7.99. The molecule has 2 heterocycles. The number of benzene rings is 3. The highest BCUT2D eigenvalue weighted by molar-refractivity contribution is 9.10. The quantitative estimate of drug-likeness (QED) is 0.368. The second-order valence-corrected chi connectivity index (χ2v) is 9.07. The Morgan fingerprint density at radius 3 is 2.41 bits per heavy atom. The maximum absolute atomic E-state index is 13.8. The average Bonchev–Trinajstić information content (AvgIpc) is 3.10. The monoisotopic (exact) mass is 523 g/mol. The van der Waals surface area contributed by atoms with Crippen molar-refractivity contribution in [1.82, 2.24) is 0 Å². The van der Waals surface area contributed by atoms with Crippen LogP contribution in [0.3, 0.4) is 0 Å². The van der Waals surface area contributed by atoms with Crippen LogP contribution in [0.4, 0.5) is 10.1 Å². The molecule has 8 heteroatoms. The van der Waals surface area contributed by atoms with E-state index in [0.29, 0.717) is 26.7 Å². The van der Waals surface area contributed by atoms with Crippen LogP contribution in [0.25, 0.3) is 11.0 Å². The molecule has 6 nitrogen and oxygen atoms in total. The third-order valence-corrected chi connectivity index (χ3v) is 6.78. The van der Waals surface area contributed by atoms with Crippen LogP contribution in [0, 0.1) is 19.7 Å². The van der Waals surface area contributed by atoms with E-state index in [4.69, 9.17) is 9.15 Å². The molecule has 0 fully saturated rings. The van der Waals surface area contributed by atoms with Gasteiger partial charge in [-0.3, -0.25) is 14.5 Å². The van der Waals surface area contributed by atoms with Crippen molar-refractivity contribution in [3.05, 3.63) is 97.1 Å². The van der Waals surface area contributed by atoms with Gasteiger partial charge in [0.05, 0.1) is 28.6 Å². The van der Waals surface area contributed by atoms with Crippen LogP contribution in [0.15, 0.2) is 62.2 Å². The van der Waals surface area contributed by atoms with Crippen LogP contribution < -0.4 is 15.1 Å². The largest absolute Gasteiger partial charge is 0.503 e. The van der Waals surface area contributed by atoms with Crippen LogP contribution >= 0.6 is 15.9 Å². The topological polar surface area (TPSA) is 80.0 Å². The predicted molar refractivity (Wildman–Crippen MR) is 129 cm³/mol. The smallest absolute Gasteiger partial charge is 0.295 e. The molecule has 1 aliphatic heterocycles. The number of nitrogens with zero attached hydrogens (tertiary/aromatic N) is 1. The van der Waals surface area contributed by atoms with E-state index >= 15 is 0 Å². The van der Waals surface area contributed by atoms with Gasteiger partial charge in [0, 0.05) is 5.69 Å². The first-order chi connectivity index (χ1) is 16.2. The number of phenolic OH excluding ortho intramolecular Hbond substituents is 1. The van der Waals surface area contributed by atoms with Gasteiger partial charge < -0.3 is 14.3 Å². The summed E-state index contributed by atoms with van der Waals surface area (Å²) < 4.78 is 25.3. The molecule has 0 radical (unpaired) electrons. The lowest BCUT2D eigenvalue weighted by atomic mass is 9.97. The Bertz CT molecular complexity index is 1540. The lowest BCUT2D eigenvalue weighted by Crippen LogP contribution is -2.29. The van der Waals surface area contributed by atoms with E-state index < -0.39 is 17.8 Å². The zero-order valence-electron chi connectivity index (χ0n) is 18.5. The molecule has 34 heavy (non-hydrogen) atoms. The van der Waals surface area contributed by atoms with Gasteiger partial charge in [-0.1, -0.05) is 0 Å². The number of amides is 1. The summed E-state index contributed by atoms with van der Waals surface area (Å²) >= 11 is 3.32. The van der Waals surface area contributed by atoms with Crippen LogP contribution in [0.1, 0.15) is 38.9 Å². The van der Waals surface area contributed by atoms with Gasteiger partial charge in [0.2, 0.25) is 5.76 Å². The summed E-state index contributed by atoms with van der Waals surface area (Å²) in [6.45, 7) is 3.80. The Kier molecular flexibility index (Phi) is 5.20. The maximum Gasteiger partial charge on any atom is 0.295 e. The number of halogens is 2. The summed E-state index contributed by atoms with van der Waals surface area (Å²) in [6.07, 6.45) is 0. The lowest BCUT2D eigenvalue weighted by molar-refractivity contribution is 0.0971. The van der Waals surface area contributed by atoms with Gasteiger partial charge in [0.25, 0.3) is 5.91 Å². The van der Waals surface area contributed by atoms with Gasteiger partial charge in [-0.05, 0) is 95.0 Å². The molecule has 3 aromatic carbocycles. The van der Waals surface area contributed by atoms with Crippen molar-refractivity contribution in [2.45, 2.75) is 19.9 Å². The normalized spacial score (nSPS) is 15.1. The fourth-order valence-corrected chi connectivity index (χ4v) is 4.78. The van der Waals surface area contributed by atoms with E-state index in [2.05, 4.69) is 15.9 Å². The predicted octanol–water partition coefficient (Wildman–Crippen LogP) is 5.78. The summed E-state index contributed by atoms with van der Waals surface area (Å²) in [6, 6.07) is 11.2. The lowest BCUT2D eigenvalue weighted by Gasteiger charge is -2.26. The second-order valence-electron chi connectivity index (χ2n) is 8.21. The number of carbonyl (C=O) groups excluding carboxylic acids is 1. The number of hydrogen-bond acceptors (Lipinski definition) is 5. The zero-order chi connectivity index (χ0) is 24.3. The van der Waals surface area contributed by atoms with Crippen molar-refractivity contribution in [2.75, 3.05) is 12.0 Å². The molecule has 1 aliphatic rings. The van der Waals surface area contributed by atoms with Crippen molar-refractivity contribution in [3.63, 3.8) is 0 Å². The highest BCUT2D eigenvalue weighted by Gasteiger charge is 2.44. The summed E-state index contributed by atoms with van der Waals surface area (Å²) in [7, 11) is 1.41. The first-order valence-electron chi connectivity index (χ1n) is 10.4. The summed E-state index contributed by atoms with van der Waals surface area (Å²) in [5.74, 6) is -0.989.